The van der Waals surface area contributed by atoms with Crippen LogP contribution in [0.15, 0.2) is 21.5 Å². The molecule has 0 saturated heterocycles. The summed E-state index contributed by atoms with van der Waals surface area (Å²) in [6.07, 6.45) is -1.58. The Morgan fingerprint density at radius 1 is 1.21 bits per heavy atom. The molecule has 1 nitrogen and oxygen atoms in total. The van der Waals surface area contributed by atoms with Gasteiger partial charge in [-0.3, -0.25) is 0 Å². The van der Waals surface area contributed by atoms with Crippen molar-refractivity contribution in [3.63, 3.8) is 0 Å². The molecule has 3 unspecified atom stereocenters. The maximum atomic E-state index is 13.7. The van der Waals surface area contributed by atoms with Crippen LogP contribution in [0.2, 0.25) is 0 Å². The minimum atomic E-state index is -6.54. The largest absolute Gasteiger partial charge is 0.607 e. The van der Waals surface area contributed by atoms with Gasteiger partial charge in [0, 0.05) is 22.2 Å². The van der Waals surface area contributed by atoms with E-state index >= 15 is 0 Å². The molecule has 1 aliphatic carbocycles. The summed E-state index contributed by atoms with van der Waals surface area (Å²) in [4.78, 5) is -0.837. The van der Waals surface area contributed by atoms with Crippen molar-refractivity contribution >= 4 is 54.8 Å². The molecule has 0 heterocycles. The third-order valence-electron chi connectivity index (χ3n) is 3.15. The molecule has 1 radical (unpaired) electrons. The van der Waals surface area contributed by atoms with Crippen LogP contribution in [0.3, 0.4) is 0 Å². The van der Waals surface area contributed by atoms with Gasteiger partial charge in [-0.05, 0) is 12.3 Å². The van der Waals surface area contributed by atoms with Gasteiger partial charge in [-0.25, -0.2) is 0 Å². The van der Waals surface area contributed by atoms with E-state index in [-0.39, 0.29) is 9.73 Å². The van der Waals surface area contributed by atoms with Crippen LogP contribution in [0.5, 0.6) is 0 Å². The second-order valence-corrected chi connectivity index (χ2v) is 9.77. The Labute approximate surface area is 157 Å². The van der Waals surface area contributed by atoms with Crippen molar-refractivity contribution < 1.29 is 35.3 Å². The second kappa shape index (κ2) is 7.32. The van der Waals surface area contributed by atoms with Gasteiger partial charge in [0.2, 0.25) is 0 Å². The molecule has 139 valence electrons. The highest BCUT2D eigenvalue weighted by atomic mass is 79.9. The van der Waals surface area contributed by atoms with Gasteiger partial charge in [0.1, 0.15) is 0 Å². The lowest BCUT2D eigenvalue weighted by Gasteiger charge is -2.34. The van der Waals surface area contributed by atoms with E-state index in [2.05, 4.69) is 31.9 Å². The van der Waals surface area contributed by atoms with Crippen molar-refractivity contribution in [1.29, 1.82) is 0 Å². The van der Waals surface area contributed by atoms with Crippen molar-refractivity contribution in [3.8, 4) is 0 Å². The van der Waals surface area contributed by atoms with Crippen LogP contribution in [-0.2, 0) is 11.2 Å². The zero-order valence-corrected chi connectivity index (χ0v) is 16.7. The van der Waals surface area contributed by atoms with Gasteiger partial charge in [0.25, 0.3) is 0 Å². The summed E-state index contributed by atoms with van der Waals surface area (Å²) in [5, 5.41) is -6.14. The second-order valence-electron chi connectivity index (χ2n) is 4.78. The smallest absolute Gasteiger partial charge is 0.486 e. The SMILES string of the molecule is CSC(C)C1(Br)[CH]C(Br)=CC([S+]([O-])C(F)(F)C(F)(F)C(F)(F)F)=C1. The molecule has 0 amide bonds. The number of rotatable bonds is 5. The van der Waals surface area contributed by atoms with Gasteiger partial charge in [0.05, 0.1) is 15.5 Å². The molecule has 12 heteroatoms. The molecule has 3 atom stereocenters. The summed E-state index contributed by atoms with van der Waals surface area (Å²) in [6.45, 7) is 1.67. The van der Waals surface area contributed by atoms with Gasteiger partial charge in [0.15, 0.2) is 4.91 Å². The molecule has 1 rings (SSSR count). The van der Waals surface area contributed by atoms with E-state index in [4.69, 9.17) is 0 Å². The quantitative estimate of drug-likeness (QED) is 0.257. The Morgan fingerprint density at radius 3 is 2.12 bits per heavy atom. The van der Waals surface area contributed by atoms with Crippen LogP contribution in [0.25, 0.3) is 0 Å². The van der Waals surface area contributed by atoms with Crippen LogP contribution < -0.4 is 0 Å². The molecule has 0 aromatic rings. The molecule has 1 aliphatic rings. The number of alkyl halides is 8. The normalized spacial score (nSPS) is 25.8. The van der Waals surface area contributed by atoms with E-state index < -0.39 is 37.8 Å². The highest BCUT2D eigenvalue weighted by Crippen LogP contribution is 2.52. The lowest BCUT2D eigenvalue weighted by atomic mass is 9.97. The fourth-order valence-electron chi connectivity index (χ4n) is 1.64. The summed E-state index contributed by atoms with van der Waals surface area (Å²) < 4.78 is 101. The molecule has 0 bridgehead atoms. The van der Waals surface area contributed by atoms with E-state index in [1.807, 2.05) is 0 Å². The zero-order chi connectivity index (χ0) is 19.1. The van der Waals surface area contributed by atoms with Gasteiger partial charge < -0.3 is 4.55 Å². The molecule has 0 aromatic heterocycles. The van der Waals surface area contributed by atoms with Crippen LogP contribution in [0, 0.1) is 6.42 Å². The van der Waals surface area contributed by atoms with Crippen molar-refractivity contribution in [3.05, 3.63) is 28.0 Å². The molecule has 0 aromatic carbocycles. The minimum Gasteiger partial charge on any atom is -0.607 e. The minimum absolute atomic E-state index is 0.122. The average Bonchev–Trinajstić information content (AvgIpc) is 2.42. The number of thioether (sulfide) groups is 1. The summed E-state index contributed by atoms with van der Waals surface area (Å²) >= 11 is 3.53. The first-order valence-corrected chi connectivity index (χ1v) is 10.0. The van der Waals surface area contributed by atoms with E-state index in [1.54, 1.807) is 13.2 Å². The maximum Gasteiger partial charge on any atom is 0.486 e. The predicted molar refractivity (Wildman–Crippen MR) is 88.1 cm³/mol. The van der Waals surface area contributed by atoms with Gasteiger partial charge in [-0.1, -0.05) is 38.8 Å². The Morgan fingerprint density at radius 2 is 1.71 bits per heavy atom. The van der Waals surface area contributed by atoms with Crippen molar-refractivity contribution in [2.45, 2.75) is 33.9 Å². The van der Waals surface area contributed by atoms with Crippen molar-refractivity contribution in [1.82, 2.24) is 0 Å². The summed E-state index contributed by atoms with van der Waals surface area (Å²) in [5.41, 5.74) is 0. The number of halogens is 9. The van der Waals surface area contributed by atoms with Gasteiger partial charge in [-0.15, -0.1) is 8.78 Å². The van der Waals surface area contributed by atoms with Crippen molar-refractivity contribution in [2.75, 3.05) is 6.26 Å². The predicted octanol–water partition coefficient (Wildman–Crippen LogP) is 5.79. The summed E-state index contributed by atoms with van der Waals surface area (Å²) in [5.74, 6) is -6.44. The van der Waals surface area contributed by atoms with Crippen LogP contribution in [0.4, 0.5) is 30.7 Å². The number of allylic oxidation sites excluding steroid dienone is 3. The molecular formula is C12H10Br2F7OS2. The molecule has 0 spiro atoms. The van der Waals surface area contributed by atoms with Crippen molar-refractivity contribution in [2.24, 2.45) is 0 Å². The van der Waals surface area contributed by atoms with E-state index in [1.165, 1.54) is 18.2 Å². The highest BCUT2D eigenvalue weighted by molar-refractivity contribution is 9.12. The molecule has 24 heavy (non-hydrogen) atoms. The fourth-order valence-corrected chi connectivity index (χ4v) is 5.61. The third kappa shape index (κ3) is 4.12. The standard InChI is InChI=1S/C12H10Br2F7OS2/c1-6(23-2)9(14)4-7(13)3-8(5-9)24(22)12(20,21)10(15,16)11(17,18)19/h3-6H,1-2H3. The van der Waals surface area contributed by atoms with Gasteiger partial charge in [-0.2, -0.15) is 33.7 Å². The van der Waals surface area contributed by atoms with Gasteiger partial charge >= 0.3 is 17.4 Å². The van der Waals surface area contributed by atoms with E-state index in [0.717, 1.165) is 12.2 Å². The van der Waals surface area contributed by atoms with Crippen LogP contribution >= 0.6 is 43.6 Å². The first-order chi connectivity index (χ1) is 10.6. The summed E-state index contributed by atoms with van der Waals surface area (Å²) in [6, 6.07) is 0. The van der Waals surface area contributed by atoms with E-state index in [9.17, 15) is 35.3 Å². The molecule has 0 N–H and O–H groups in total. The Bertz CT molecular complexity index is 550. The monoisotopic (exact) mass is 525 g/mol. The lowest BCUT2D eigenvalue weighted by molar-refractivity contribution is -0.331. The average molecular weight is 527 g/mol. The number of hydrogen-bond acceptors (Lipinski definition) is 2. The first kappa shape index (κ1) is 22.7. The third-order valence-corrected chi connectivity index (χ3v) is 7.54. The molecular weight excluding hydrogens is 517 g/mol. The highest BCUT2D eigenvalue weighted by Gasteiger charge is 2.80. The van der Waals surface area contributed by atoms with Crippen LogP contribution in [0.1, 0.15) is 6.92 Å². The topological polar surface area (TPSA) is 23.1 Å². The van der Waals surface area contributed by atoms with E-state index in [0.29, 0.717) is 0 Å². The molecule has 0 fully saturated rings. The maximum absolute atomic E-state index is 13.7. The Kier molecular flexibility index (Phi) is 6.91. The Hall–Kier alpha value is 0.610. The zero-order valence-electron chi connectivity index (χ0n) is 11.9. The van der Waals surface area contributed by atoms with Crippen LogP contribution in [-0.4, -0.2) is 37.7 Å². The fraction of sp³-hybridized carbons (Fsp3) is 0.583. The molecule has 0 saturated carbocycles. The lowest BCUT2D eigenvalue weighted by Crippen LogP contribution is -2.56. The number of hydrogen-bond donors (Lipinski definition) is 0. The first-order valence-electron chi connectivity index (χ1n) is 6.02. The Balaban J connectivity index is 3.33. The molecule has 0 aliphatic heterocycles. The summed E-state index contributed by atoms with van der Waals surface area (Å²) in [7, 11) is 0.